The van der Waals surface area contributed by atoms with E-state index in [0.29, 0.717) is 27.8 Å². The maximum absolute atomic E-state index is 6.13. The van der Waals surface area contributed by atoms with Crippen molar-refractivity contribution < 1.29 is 4.52 Å². The van der Waals surface area contributed by atoms with Gasteiger partial charge in [0.2, 0.25) is 5.82 Å². The average molecular weight is 467 g/mol. The normalized spacial score (nSPS) is 16.6. The van der Waals surface area contributed by atoms with Crippen LogP contribution in [0, 0.1) is 12.8 Å². The standard InChI is InChI=1S/C25H27ClN4OS/c1-15(2)13-14-30-17(4)21(22(27-25(30)32)18-9-11-20(26)12-10-18)24-28-23(29-31-24)19-7-5-16(3)6-8-19/h5-12,15,22H,13-14H2,1-4H3,(H,27,32). The predicted octanol–water partition coefficient (Wildman–Crippen LogP) is 6.41. The van der Waals surface area contributed by atoms with Crippen molar-refractivity contribution >= 4 is 34.5 Å². The first-order valence-corrected chi connectivity index (χ1v) is 11.6. The summed E-state index contributed by atoms with van der Waals surface area (Å²) >= 11 is 11.9. The molecule has 5 nitrogen and oxygen atoms in total. The lowest BCUT2D eigenvalue weighted by molar-refractivity contribution is 0.390. The Bertz CT molecular complexity index is 1140. The van der Waals surface area contributed by atoms with E-state index in [4.69, 9.17) is 33.3 Å². The molecule has 0 fully saturated rings. The number of nitrogens with zero attached hydrogens (tertiary/aromatic N) is 3. The fourth-order valence-corrected chi connectivity index (χ4v) is 4.24. The molecular formula is C25H27ClN4OS. The zero-order valence-electron chi connectivity index (χ0n) is 18.7. The number of benzene rings is 2. The Kier molecular flexibility index (Phi) is 6.63. The summed E-state index contributed by atoms with van der Waals surface area (Å²) in [5.74, 6) is 1.62. The van der Waals surface area contributed by atoms with Gasteiger partial charge >= 0.3 is 0 Å². The number of hydrogen-bond acceptors (Lipinski definition) is 4. The molecule has 0 saturated heterocycles. The van der Waals surface area contributed by atoms with Crippen LogP contribution < -0.4 is 5.32 Å². The van der Waals surface area contributed by atoms with Crippen molar-refractivity contribution in [1.82, 2.24) is 20.4 Å². The first-order valence-electron chi connectivity index (χ1n) is 10.8. The van der Waals surface area contributed by atoms with Crippen LogP contribution >= 0.6 is 23.8 Å². The van der Waals surface area contributed by atoms with Gasteiger partial charge in [-0.05, 0) is 56.1 Å². The summed E-state index contributed by atoms with van der Waals surface area (Å²) in [7, 11) is 0. The van der Waals surface area contributed by atoms with Gasteiger partial charge < -0.3 is 14.7 Å². The van der Waals surface area contributed by atoms with Crippen LogP contribution in [0.1, 0.15) is 50.3 Å². The van der Waals surface area contributed by atoms with Gasteiger partial charge in [0.1, 0.15) is 0 Å². The maximum Gasteiger partial charge on any atom is 0.258 e. The number of aromatic nitrogens is 2. The largest absolute Gasteiger partial charge is 0.351 e. The van der Waals surface area contributed by atoms with Gasteiger partial charge in [-0.3, -0.25) is 0 Å². The van der Waals surface area contributed by atoms with Crippen molar-refractivity contribution in [2.75, 3.05) is 6.54 Å². The molecule has 1 N–H and O–H groups in total. The Morgan fingerprint density at radius 1 is 1.09 bits per heavy atom. The van der Waals surface area contributed by atoms with E-state index in [0.717, 1.165) is 35.4 Å². The molecule has 2 aromatic carbocycles. The molecule has 1 aliphatic heterocycles. The van der Waals surface area contributed by atoms with Crippen LogP contribution in [0.2, 0.25) is 5.02 Å². The molecule has 166 valence electrons. The van der Waals surface area contributed by atoms with E-state index in [9.17, 15) is 0 Å². The molecule has 1 aromatic heterocycles. The fraction of sp³-hybridized carbons (Fsp3) is 0.320. The molecule has 0 radical (unpaired) electrons. The second kappa shape index (κ2) is 9.43. The van der Waals surface area contributed by atoms with Gasteiger partial charge in [-0.2, -0.15) is 4.98 Å². The van der Waals surface area contributed by atoms with Gasteiger partial charge in [0.25, 0.3) is 5.89 Å². The highest BCUT2D eigenvalue weighted by molar-refractivity contribution is 7.80. The van der Waals surface area contributed by atoms with Crippen molar-refractivity contribution in [3.05, 3.63) is 76.3 Å². The molecule has 1 aliphatic rings. The predicted molar refractivity (Wildman–Crippen MR) is 133 cm³/mol. The zero-order valence-corrected chi connectivity index (χ0v) is 20.3. The van der Waals surface area contributed by atoms with E-state index in [-0.39, 0.29) is 6.04 Å². The Labute approximate surface area is 199 Å². The number of nitrogens with one attached hydrogen (secondary N) is 1. The zero-order chi connectivity index (χ0) is 22.8. The third kappa shape index (κ3) is 4.71. The van der Waals surface area contributed by atoms with Crippen LogP contribution in [0.3, 0.4) is 0 Å². The summed E-state index contributed by atoms with van der Waals surface area (Å²) in [4.78, 5) is 6.89. The van der Waals surface area contributed by atoms with Crippen molar-refractivity contribution in [3.63, 3.8) is 0 Å². The number of thiocarbonyl (C=S) groups is 1. The first-order chi connectivity index (χ1) is 15.3. The SMILES string of the molecule is CC1=C(c2nc(-c3ccc(C)cc3)no2)C(c2ccc(Cl)cc2)NC(=S)N1CCC(C)C. The van der Waals surface area contributed by atoms with Crippen molar-refractivity contribution in [2.45, 2.75) is 40.2 Å². The number of aryl methyl sites for hydroxylation is 1. The van der Waals surface area contributed by atoms with Gasteiger partial charge in [0, 0.05) is 22.8 Å². The molecule has 0 spiro atoms. The lowest BCUT2D eigenvalue weighted by atomic mass is 9.94. The Hall–Kier alpha value is -2.70. The highest BCUT2D eigenvalue weighted by Crippen LogP contribution is 2.38. The third-order valence-electron chi connectivity index (χ3n) is 5.70. The second-order valence-corrected chi connectivity index (χ2v) is 9.38. The molecule has 2 heterocycles. The molecule has 1 unspecified atom stereocenters. The van der Waals surface area contributed by atoms with Gasteiger partial charge in [-0.15, -0.1) is 0 Å². The molecule has 3 aromatic rings. The molecule has 7 heteroatoms. The van der Waals surface area contributed by atoms with E-state index in [1.165, 1.54) is 5.56 Å². The van der Waals surface area contributed by atoms with Crippen molar-refractivity contribution in [2.24, 2.45) is 5.92 Å². The van der Waals surface area contributed by atoms with Crippen LogP contribution in [-0.2, 0) is 0 Å². The van der Waals surface area contributed by atoms with Crippen molar-refractivity contribution in [3.8, 4) is 11.4 Å². The minimum absolute atomic E-state index is 0.207. The second-order valence-electron chi connectivity index (χ2n) is 8.56. The van der Waals surface area contributed by atoms with E-state index >= 15 is 0 Å². The maximum atomic E-state index is 6.13. The summed E-state index contributed by atoms with van der Waals surface area (Å²) in [5, 5.41) is 9.14. The number of hydrogen-bond donors (Lipinski definition) is 1. The minimum atomic E-state index is -0.207. The monoisotopic (exact) mass is 466 g/mol. The van der Waals surface area contributed by atoms with Crippen LogP contribution in [0.15, 0.2) is 58.8 Å². The van der Waals surface area contributed by atoms with Crippen LogP contribution in [0.4, 0.5) is 0 Å². The van der Waals surface area contributed by atoms with E-state index in [2.05, 4.69) is 43.1 Å². The van der Waals surface area contributed by atoms with Gasteiger partial charge in [0.05, 0.1) is 11.6 Å². The van der Waals surface area contributed by atoms with E-state index in [1.807, 2.05) is 48.5 Å². The molecule has 32 heavy (non-hydrogen) atoms. The van der Waals surface area contributed by atoms with Gasteiger partial charge in [-0.1, -0.05) is 72.6 Å². The van der Waals surface area contributed by atoms with Crippen LogP contribution in [-0.4, -0.2) is 26.7 Å². The molecule has 0 aliphatic carbocycles. The van der Waals surface area contributed by atoms with Crippen LogP contribution in [0.25, 0.3) is 17.0 Å². The van der Waals surface area contributed by atoms with Crippen molar-refractivity contribution in [1.29, 1.82) is 0 Å². The first kappa shape index (κ1) is 22.5. The van der Waals surface area contributed by atoms with E-state index in [1.54, 1.807) is 0 Å². The average Bonchev–Trinajstić information content (AvgIpc) is 3.23. The number of allylic oxidation sites excluding steroid dienone is 1. The summed E-state index contributed by atoms with van der Waals surface area (Å²) < 4.78 is 5.79. The lowest BCUT2D eigenvalue weighted by Crippen LogP contribution is -2.46. The molecule has 1 atom stereocenters. The fourth-order valence-electron chi connectivity index (χ4n) is 3.77. The van der Waals surface area contributed by atoms with Crippen LogP contribution in [0.5, 0.6) is 0 Å². The smallest absolute Gasteiger partial charge is 0.258 e. The summed E-state index contributed by atoms with van der Waals surface area (Å²) in [6, 6.07) is 15.6. The molecule has 0 bridgehead atoms. The summed E-state index contributed by atoms with van der Waals surface area (Å²) in [5.41, 5.74) is 5.08. The van der Waals surface area contributed by atoms with E-state index < -0.39 is 0 Å². The molecule has 0 amide bonds. The Morgan fingerprint density at radius 2 is 1.78 bits per heavy atom. The molecule has 4 rings (SSSR count). The quantitative estimate of drug-likeness (QED) is 0.424. The Morgan fingerprint density at radius 3 is 2.44 bits per heavy atom. The summed E-state index contributed by atoms with van der Waals surface area (Å²) in [6.45, 7) is 9.37. The number of rotatable bonds is 6. The topological polar surface area (TPSA) is 54.2 Å². The highest BCUT2D eigenvalue weighted by atomic mass is 35.5. The Balaban J connectivity index is 1.78. The summed E-state index contributed by atoms with van der Waals surface area (Å²) in [6.07, 6.45) is 1.02. The molecular weight excluding hydrogens is 440 g/mol. The van der Waals surface area contributed by atoms with Gasteiger partial charge in [-0.25, -0.2) is 0 Å². The number of halogens is 1. The lowest BCUT2D eigenvalue weighted by Gasteiger charge is -2.37. The minimum Gasteiger partial charge on any atom is -0.351 e. The third-order valence-corrected chi connectivity index (χ3v) is 6.29. The molecule has 0 saturated carbocycles. The van der Waals surface area contributed by atoms with Gasteiger partial charge in [0.15, 0.2) is 5.11 Å². The highest BCUT2D eigenvalue weighted by Gasteiger charge is 2.34.